The Bertz CT molecular complexity index is 272. The van der Waals surface area contributed by atoms with E-state index < -0.39 is 18.7 Å². The molecular formula is C12H18F3NO. The van der Waals surface area contributed by atoms with Gasteiger partial charge in [0, 0.05) is 0 Å². The predicted molar refractivity (Wildman–Crippen MR) is 57.1 cm³/mol. The minimum Gasteiger partial charge on any atom is -0.376 e. The van der Waals surface area contributed by atoms with Gasteiger partial charge in [-0.15, -0.1) is 0 Å². The summed E-state index contributed by atoms with van der Waals surface area (Å²) < 4.78 is 42.4. The summed E-state index contributed by atoms with van der Waals surface area (Å²) in [5, 5.41) is 8.46. The van der Waals surface area contributed by atoms with Gasteiger partial charge in [0.1, 0.15) is 0 Å². The Labute approximate surface area is 99.8 Å². The van der Waals surface area contributed by atoms with Gasteiger partial charge >= 0.3 is 6.18 Å². The number of nitriles is 1. The summed E-state index contributed by atoms with van der Waals surface area (Å²) in [4.78, 5) is 0. The van der Waals surface area contributed by atoms with E-state index in [0.717, 1.165) is 32.1 Å². The molecule has 1 rings (SSSR count). The van der Waals surface area contributed by atoms with Crippen molar-refractivity contribution in [3.05, 3.63) is 0 Å². The first-order valence-corrected chi connectivity index (χ1v) is 6.07. The smallest absolute Gasteiger partial charge is 0.376 e. The molecule has 2 nitrogen and oxygen atoms in total. The quantitative estimate of drug-likeness (QED) is 0.761. The first-order chi connectivity index (χ1) is 7.99. The lowest BCUT2D eigenvalue weighted by Crippen LogP contribution is -2.33. The number of rotatable bonds is 4. The minimum absolute atomic E-state index is 0.105. The standard InChI is InChI=1S/C12H18F3NO/c1-2-9-5-3-4-6-11(9)17-8-10(7-16)12(13,14)15/h9-11H,2-6,8H2,1H3. The number of nitrogens with zero attached hydrogens (tertiary/aromatic N) is 1. The average molecular weight is 249 g/mol. The molecule has 0 saturated heterocycles. The van der Waals surface area contributed by atoms with Crippen LogP contribution in [0.1, 0.15) is 39.0 Å². The highest BCUT2D eigenvalue weighted by Gasteiger charge is 2.41. The zero-order valence-electron chi connectivity index (χ0n) is 9.96. The summed E-state index contributed by atoms with van der Waals surface area (Å²) in [6.07, 6.45) is 0.300. The van der Waals surface area contributed by atoms with Crippen LogP contribution in [0.4, 0.5) is 13.2 Å². The van der Waals surface area contributed by atoms with Crippen molar-refractivity contribution in [2.24, 2.45) is 11.8 Å². The van der Waals surface area contributed by atoms with E-state index in [-0.39, 0.29) is 6.10 Å². The van der Waals surface area contributed by atoms with E-state index in [9.17, 15) is 13.2 Å². The third kappa shape index (κ3) is 4.19. The molecule has 1 aliphatic rings. The first-order valence-electron chi connectivity index (χ1n) is 6.07. The van der Waals surface area contributed by atoms with Crippen LogP contribution in [-0.4, -0.2) is 18.9 Å². The molecule has 0 heterocycles. The van der Waals surface area contributed by atoms with Crippen LogP contribution in [0.3, 0.4) is 0 Å². The summed E-state index contributed by atoms with van der Waals surface area (Å²) in [7, 11) is 0. The van der Waals surface area contributed by atoms with E-state index in [0.29, 0.717) is 5.92 Å². The highest BCUT2D eigenvalue weighted by Crippen LogP contribution is 2.31. The molecule has 0 bridgehead atoms. The van der Waals surface area contributed by atoms with Crippen LogP contribution >= 0.6 is 0 Å². The van der Waals surface area contributed by atoms with Gasteiger partial charge in [-0.25, -0.2) is 0 Å². The highest BCUT2D eigenvalue weighted by molar-refractivity contribution is 4.89. The van der Waals surface area contributed by atoms with Gasteiger partial charge in [-0.1, -0.05) is 26.2 Å². The van der Waals surface area contributed by atoms with Crippen molar-refractivity contribution in [3.8, 4) is 6.07 Å². The van der Waals surface area contributed by atoms with Crippen molar-refractivity contribution in [1.29, 1.82) is 5.26 Å². The van der Waals surface area contributed by atoms with Gasteiger partial charge in [0.25, 0.3) is 0 Å². The SMILES string of the molecule is CCC1CCCCC1OCC(C#N)C(F)(F)F. The molecule has 98 valence electrons. The highest BCUT2D eigenvalue weighted by atomic mass is 19.4. The molecule has 1 fully saturated rings. The van der Waals surface area contributed by atoms with E-state index in [1.54, 1.807) is 0 Å². The van der Waals surface area contributed by atoms with Gasteiger partial charge in [0.15, 0.2) is 5.92 Å². The number of hydrogen-bond acceptors (Lipinski definition) is 2. The summed E-state index contributed by atoms with van der Waals surface area (Å²) in [6.45, 7) is 1.50. The van der Waals surface area contributed by atoms with Gasteiger partial charge in [-0.3, -0.25) is 0 Å². The van der Waals surface area contributed by atoms with Crippen molar-refractivity contribution in [1.82, 2.24) is 0 Å². The third-order valence-electron chi connectivity index (χ3n) is 3.39. The van der Waals surface area contributed by atoms with Crippen LogP contribution in [0, 0.1) is 23.2 Å². The van der Waals surface area contributed by atoms with E-state index in [1.807, 2.05) is 6.92 Å². The fourth-order valence-corrected chi connectivity index (χ4v) is 2.28. The molecule has 0 radical (unpaired) electrons. The molecule has 1 aliphatic carbocycles. The molecule has 5 heteroatoms. The number of ether oxygens (including phenoxy) is 1. The van der Waals surface area contributed by atoms with Crippen LogP contribution in [0.5, 0.6) is 0 Å². The maximum absolute atomic E-state index is 12.4. The average Bonchev–Trinajstić information content (AvgIpc) is 2.28. The monoisotopic (exact) mass is 249 g/mol. The Morgan fingerprint density at radius 1 is 1.35 bits per heavy atom. The molecule has 17 heavy (non-hydrogen) atoms. The van der Waals surface area contributed by atoms with E-state index in [1.165, 1.54) is 6.07 Å². The summed E-state index contributed by atoms with van der Waals surface area (Å²) in [6, 6.07) is 1.26. The van der Waals surface area contributed by atoms with Crippen LogP contribution in [-0.2, 0) is 4.74 Å². The normalized spacial score (nSPS) is 27.5. The molecule has 0 aromatic rings. The van der Waals surface area contributed by atoms with Crippen molar-refractivity contribution >= 4 is 0 Å². The van der Waals surface area contributed by atoms with Gasteiger partial charge < -0.3 is 4.74 Å². The molecule has 0 amide bonds. The second-order valence-electron chi connectivity index (χ2n) is 4.55. The second kappa shape index (κ2) is 6.25. The van der Waals surface area contributed by atoms with E-state index in [4.69, 9.17) is 10.00 Å². The van der Waals surface area contributed by atoms with Gasteiger partial charge in [-0.05, 0) is 18.8 Å². The lowest BCUT2D eigenvalue weighted by Gasteiger charge is -2.31. The zero-order valence-corrected chi connectivity index (χ0v) is 9.96. The predicted octanol–water partition coefficient (Wildman–Crippen LogP) is 3.67. The summed E-state index contributed by atoms with van der Waals surface area (Å²) >= 11 is 0. The van der Waals surface area contributed by atoms with E-state index >= 15 is 0 Å². The lowest BCUT2D eigenvalue weighted by atomic mass is 9.85. The maximum atomic E-state index is 12.4. The van der Waals surface area contributed by atoms with Gasteiger partial charge in [0.2, 0.25) is 0 Å². The Morgan fingerprint density at radius 2 is 2.00 bits per heavy atom. The number of alkyl halides is 3. The van der Waals surface area contributed by atoms with Gasteiger partial charge in [0.05, 0.1) is 18.8 Å². The van der Waals surface area contributed by atoms with Crippen LogP contribution < -0.4 is 0 Å². The molecule has 0 aromatic carbocycles. The van der Waals surface area contributed by atoms with Crippen molar-refractivity contribution in [3.63, 3.8) is 0 Å². The van der Waals surface area contributed by atoms with Crippen molar-refractivity contribution in [2.45, 2.75) is 51.3 Å². The fourth-order valence-electron chi connectivity index (χ4n) is 2.28. The molecule has 3 atom stereocenters. The zero-order chi connectivity index (χ0) is 12.9. The second-order valence-corrected chi connectivity index (χ2v) is 4.55. The maximum Gasteiger partial charge on any atom is 0.406 e. The fraction of sp³-hybridized carbons (Fsp3) is 0.917. The molecule has 0 aromatic heterocycles. The Hall–Kier alpha value is -0.760. The Balaban J connectivity index is 2.45. The Morgan fingerprint density at radius 3 is 2.53 bits per heavy atom. The Kier molecular flexibility index (Phi) is 5.26. The number of halogens is 3. The molecule has 0 spiro atoms. The van der Waals surface area contributed by atoms with Crippen LogP contribution in [0.15, 0.2) is 0 Å². The lowest BCUT2D eigenvalue weighted by molar-refractivity contribution is -0.179. The summed E-state index contributed by atoms with van der Waals surface area (Å²) in [5.74, 6) is -1.65. The molecule has 0 N–H and O–H groups in total. The topological polar surface area (TPSA) is 33.0 Å². The minimum atomic E-state index is -4.48. The largest absolute Gasteiger partial charge is 0.406 e. The molecule has 3 unspecified atom stereocenters. The third-order valence-corrected chi connectivity index (χ3v) is 3.39. The molecular weight excluding hydrogens is 231 g/mol. The van der Waals surface area contributed by atoms with Crippen LogP contribution in [0.2, 0.25) is 0 Å². The first kappa shape index (κ1) is 14.3. The van der Waals surface area contributed by atoms with E-state index in [2.05, 4.69) is 0 Å². The molecule has 0 aliphatic heterocycles. The van der Waals surface area contributed by atoms with Gasteiger partial charge in [-0.2, -0.15) is 18.4 Å². The number of hydrogen-bond donors (Lipinski definition) is 0. The van der Waals surface area contributed by atoms with Crippen molar-refractivity contribution in [2.75, 3.05) is 6.61 Å². The van der Waals surface area contributed by atoms with Crippen molar-refractivity contribution < 1.29 is 17.9 Å². The summed E-state index contributed by atoms with van der Waals surface area (Å²) in [5.41, 5.74) is 0. The molecule has 1 saturated carbocycles. The van der Waals surface area contributed by atoms with Crippen LogP contribution in [0.25, 0.3) is 0 Å².